The summed E-state index contributed by atoms with van der Waals surface area (Å²) in [5.41, 5.74) is 7.46. The van der Waals surface area contributed by atoms with Crippen LogP contribution >= 0.6 is 0 Å². The Hall–Kier alpha value is -2.70. The Morgan fingerprint density at radius 1 is 1.42 bits per heavy atom. The molecule has 1 saturated heterocycles. The summed E-state index contributed by atoms with van der Waals surface area (Å²) in [5, 5.41) is 4.19. The number of carbonyl (C=O) groups is 2. The first-order chi connectivity index (χ1) is 12.5. The zero-order valence-electron chi connectivity index (χ0n) is 14.5. The first-order valence-corrected chi connectivity index (χ1v) is 8.94. The Balaban J connectivity index is 1.68. The molecule has 2 fully saturated rings. The predicted molar refractivity (Wildman–Crippen MR) is 98.6 cm³/mol. The van der Waals surface area contributed by atoms with Crippen LogP contribution in [0.15, 0.2) is 24.4 Å². The number of anilines is 3. The highest BCUT2D eigenvalue weighted by atomic mass is 19.1. The number of nitrogens with two attached hydrogens (primary N) is 1. The van der Waals surface area contributed by atoms with Crippen LogP contribution in [0.3, 0.4) is 0 Å². The van der Waals surface area contributed by atoms with Crippen molar-refractivity contribution in [2.45, 2.75) is 44.8 Å². The van der Waals surface area contributed by atoms with Gasteiger partial charge >= 0.3 is 0 Å². The van der Waals surface area contributed by atoms with Crippen LogP contribution in [-0.4, -0.2) is 29.0 Å². The van der Waals surface area contributed by atoms with Gasteiger partial charge in [0.1, 0.15) is 12.0 Å². The quantitative estimate of drug-likeness (QED) is 0.824. The van der Waals surface area contributed by atoms with Crippen molar-refractivity contribution >= 4 is 39.8 Å². The lowest BCUT2D eigenvalue weighted by Crippen LogP contribution is -2.32. The first-order valence-electron chi connectivity index (χ1n) is 8.94. The lowest BCUT2D eigenvalue weighted by atomic mass is 10.1. The number of carbonyl (C=O) groups excluding carboxylic acids is 2. The van der Waals surface area contributed by atoms with E-state index in [1.165, 1.54) is 0 Å². The highest BCUT2D eigenvalue weighted by Crippen LogP contribution is 2.36. The topological polar surface area (TPSA) is 88.3 Å². The minimum absolute atomic E-state index is 0.0981. The fourth-order valence-corrected chi connectivity index (χ4v) is 3.62. The molecule has 0 radical (unpaired) electrons. The van der Waals surface area contributed by atoms with Crippen molar-refractivity contribution < 1.29 is 14.0 Å². The van der Waals surface area contributed by atoms with Crippen molar-refractivity contribution in [3.8, 4) is 0 Å². The third kappa shape index (κ3) is 2.87. The van der Waals surface area contributed by atoms with Crippen LogP contribution in [0, 0.1) is 5.92 Å². The summed E-state index contributed by atoms with van der Waals surface area (Å²) >= 11 is 0. The predicted octanol–water partition coefficient (Wildman–Crippen LogP) is 3.02. The molecule has 0 spiro atoms. The average Bonchev–Trinajstić information content (AvgIpc) is 3.22. The second kappa shape index (κ2) is 6.23. The Bertz CT molecular complexity index is 900. The number of nitrogens with zero attached hydrogens (tertiary/aromatic N) is 2. The van der Waals surface area contributed by atoms with Crippen molar-refractivity contribution in [3.63, 3.8) is 0 Å². The molecule has 26 heavy (non-hydrogen) atoms. The molecule has 2 aliphatic rings. The summed E-state index contributed by atoms with van der Waals surface area (Å²) in [6, 6.07) is 5.58. The van der Waals surface area contributed by atoms with E-state index in [-0.39, 0.29) is 24.3 Å². The van der Waals surface area contributed by atoms with E-state index in [0.717, 1.165) is 29.3 Å². The molecule has 6 nitrogen and oxygen atoms in total. The molecule has 4 rings (SSSR count). The van der Waals surface area contributed by atoms with Gasteiger partial charge in [-0.2, -0.15) is 0 Å². The van der Waals surface area contributed by atoms with E-state index in [1.807, 2.05) is 11.0 Å². The average molecular weight is 356 g/mol. The minimum Gasteiger partial charge on any atom is -0.398 e. The van der Waals surface area contributed by atoms with Crippen molar-refractivity contribution in [2.75, 3.05) is 16.0 Å². The summed E-state index contributed by atoms with van der Waals surface area (Å²) in [7, 11) is 0. The fourth-order valence-electron chi connectivity index (χ4n) is 3.62. The number of alkyl halides is 1. The zero-order chi connectivity index (χ0) is 18.4. The minimum atomic E-state index is -1.05. The van der Waals surface area contributed by atoms with E-state index < -0.39 is 12.1 Å². The molecule has 1 unspecified atom stereocenters. The van der Waals surface area contributed by atoms with Crippen molar-refractivity contribution in [1.82, 2.24) is 4.98 Å². The number of halogens is 1. The molecule has 2 heterocycles. The lowest BCUT2D eigenvalue weighted by molar-refractivity contribution is -0.118. The molecule has 2 amide bonds. The highest BCUT2D eigenvalue weighted by molar-refractivity contribution is 6.03. The van der Waals surface area contributed by atoms with Crippen molar-refractivity contribution in [3.05, 3.63) is 24.4 Å². The normalized spacial score (nSPS) is 24.9. The third-order valence-corrected chi connectivity index (χ3v) is 5.23. The van der Waals surface area contributed by atoms with Gasteiger partial charge in [0.05, 0.1) is 5.92 Å². The largest absolute Gasteiger partial charge is 0.398 e. The SMILES string of the molecule is CCC1CCC(=O)N1c1cc(N)c2cnc(NC(=O)[C@H]3C[C@H]3F)cc2c1. The number of fused-ring (bicyclic) bond motifs is 1. The maximum atomic E-state index is 13.0. The van der Waals surface area contributed by atoms with Gasteiger partial charge in [-0.05, 0) is 42.8 Å². The molecule has 1 aliphatic heterocycles. The first kappa shape index (κ1) is 16.8. The summed E-state index contributed by atoms with van der Waals surface area (Å²) < 4.78 is 13.0. The number of hydrogen-bond acceptors (Lipinski definition) is 4. The van der Waals surface area contributed by atoms with E-state index in [4.69, 9.17) is 5.73 Å². The molecule has 0 bridgehead atoms. The van der Waals surface area contributed by atoms with Gasteiger partial charge in [0.15, 0.2) is 0 Å². The number of nitrogens with one attached hydrogen (secondary N) is 1. The second-order valence-electron chi connectivity index (χ2n) is 7.04. The van der Waals surface area contributed by atoms with Gasteiger partial charge in [-0.3, -0.25) is 9.59 Å². The van der Waals surface area contributed by atoms with Crippen molar-refractivity contribution in [2.24, 2.45) is 5.92 Å². The smallest absolute Gasteiger partial charge is 0.231 e. The molecule has 1 aromatic carbocycles. The van der Waals surface area contributed by atoms with Crippen LogP contribution in [0.5, 0.6) is 0 Å². The lowest BCUT2D eigenvalue weighted by Gasteiger charge is -2.24. The number of pyridine rings is 1. The molecule has 136 valence electrons. The number of amides is 2. The van der Waals surface area contributed by atoms with Gasteiger partial charge in [-0.25, -0.2) is 9.37 Å². The van der Waals surface area contributed by atoms with Gasteiger partial charge in [-0.15, -0.1) is 0 Å². The van der Waals surface area contributed by atoms with E-state index in [9.17, 15) is 14.0 Å². The van der Waals surface area contributed by atoms with Crippen LogP contribution in [-0.2, 0) is 9.59 Å². The van der Waals surface area contributed by atoms with Crippen LogP contribution in [0.25, 0.3) is 10.8 Å². The number of rotatable bonds is 4. The molecule has 3 atom stereocenters. The summed E-state index contributed by atoms with van der Waals surface area (Å²) in [5.74, 6) is -0.468. The standard InChI is InChI=1S/C19H21FN4O2/c1-2-11-3-4-18(25)24(11)12-5-10-6-17(22-9-14(10)16(21)7-12)23-19(26)13-8-15(13)20/h5-7,9,11,13,15H,2-4,8,21H2,1H3,(H,22,23,26)/t11?,13-,15+/m0/s1. The van der Waals surface area contributed by atoms with E-state index in [2.05, 4.69) is 17.2 Å². The van der Waals surface area contributed by atoms with Crippen LogP contribution in [0.1, 0.15) is 32.6 Å². The van der Waals surface area contributed by atoms with Gasteiger partial charge in [0.2, 0.25) is 11.8 Å². The number of nitrogen functional groups attached to an aromatic ring is 1. The monoisotopic (exact) mass is 356 g/mol. The molecule has 7 heteroatoms. The molecule has 2 aromatic rings. The molecular formula is C19H21FN4O2. The molecular weight excluding hydrogens is 335 g/mol. The number of hydrogen-bond donors (Lipinski definition) is 2. The Morgan fingerprint density at radius 3 is 2.88 bits per heavy atom. The molecule has 1 aromatic heterocycles. The van der Waals surface area contributed by atoms with Gasteiger partial charge in [-0.1, -0.05) is 6.92 Å². The summed E-state index contributed by atoms with van der Waals surface area (Å²) in [6.07, 6.45) is 3.08. The maximum Gasteiger partial charge on any atom is 0.231 e. The maximum absolute atomic E-state index is 13.0. The van der Waals surface area contributed by atoms with Crippen LogP contribution < -0.4 is 16.0 Å². The van der Waals surface area contributed by atoms with Gasteiger partial charge in [0, 0.05) is 35.4 Å². The van der Waals surface area contributed by atoms with Crippen molar-refractivity contribution in [1.29, 1.82) is 0 Å². The van der Waals surface area contributed by atoms with E-state index >= 15 is 0 Å². The highest BCUT2D eigenvalue weighted by Gasteiger charge is 2.43. The molecule has 1 aliphatic carbocycles. The molecule has 1 saturated carbocycles. The summed E-state index contributed by atoms with van der Waals surface area (Å²) in [4.78, 5) is 30.2. The number of benzene rings is 1. The van der Waals surface area contributed by atoms with Gasteiger partial charge < -0.3 is 16.0 Å². The Kier molecular flexibility index (Phi) is 4.01. The Labute approximate surface area is 150 Å². The second-order valence-corrected chi connectivity index (χ2v) is 7.04. The van der Waals surface area contributed by atoms with Crippen LogP contribution in [0.4, 0.5) is 21.6 Å². The number of aromatic nitrogens is 1. The summed E-state index contributed by atoms with van der Waals surface area (Å²) in [6.45, 7) is 2.06. The van der Waals surface area contributed by atoms with Crippen LogP contribution in [0.2, 0.25) is 0 Å². The Morgan fingerprint density at radius 2 is 2.19 bits per heavy atom. The zero-order valence-corrected chi connectivity index (χ0v) is 14.5. The fraction of sp³-hybridized carbons (Fsp3) is 0.421. The molecule has 3 N–H and O–H groups in total. The van der Waals surface area contributed by atoms with E-state index in [1.54, 1.807) is 18.3 Å². The van der Waals surface area contributed by atoms with Gasteiger partial charge in [0.25, 0.3) is 0 Å². The third-order valence-electron chi connectivity index (χ3n) is 5.23. The van der Waals surface area contributed by atoms with E-state index in [0.29, 0.717) is 17.9 Å².